The van der Waals surface area contributed by atoms with Gasteiger partial charge in [0.25, 0.3) is 11.4 Å². The molecule has 5 rings (SSSR count). The molecule has 0 amide bonds. The van der Waals surface area contributed by atoms with E-state index in [0.717, 1.165) is 17.7 Å². The Morgan fingerprint density at radius 1 is 0.909 bits per heavy atom. The lowest BCUT2D eigenvalue weighted by Crippen LogP contribution is -2.18. The Hall–Kier alpha value is -4.20. The van der Waals surface area contributed by atoms with Crippen molar-refractivity contribution in [3.8, 4) is 28.5 Å². The Morgan fingerprint density at radius 3 is 2.33 bits per heavy atom. The van der Waals surface area contributed by atoms with Crippen LogP contribution >= 0.6 is 0 Å². The quantitative estimate of drug-likeness (QED) is 0.339. The molecule has 0 unspecified atom stereocenters. The smallest absolute Gasteiger partial charge is 0.334 e. The Labute approximate surface area is 185 Å². The third kappa shape index (κ3) is 3.80. The van der Waals surface area contributed by atoms with Crippen LogP contribution in [0.1, 0.15) is 11.1 Å². The van der Waals surface area contributed by atoms with E-state index in [4.69, 9.17) is 4.52 Å². The lowest BCUT2D eigenvalue weighted by molar-refractivity contribution is -0.137. The molecule has 0 spiro atoms. The first kappa shape index (κ1) is 20.7. The van der Waals surface area contributed by atoms with Crippen molar-refractivity contribution >= 4 is 10.8 Å². The zero-order chi connectivity index (χ0) is 23.2. The number of hydrogen-bond acceptors (Lipinski definition) is 4. The molecule has 3 aromatic carbocycles. The number of rotatable bonds is 3. The van der Waals surface area contributed by atoms with Gasteiger partial charge in [-0.25, -0.2) is 0 Å². The molecular formula is C25H16F3N3O2. The second-order valence-corrected chi connectivity index (χ2v) is 7.60. The molecule has 2 aromatic heterocycles. The Kier molecular flexibility index (Phi) is 4.85. The SMILES string of the molecule is Cc1cccc(-n2cc(-c3nc(-c4ccc(C(F)(F)F)cc4)no3)c3ccccc3c2=O)c1. The van der Waals surface area contributed by atoms with Gasteiger partial charge in [-0.15, -0.1) is 0 Å². The van der Waals surface area contributed by atoms with Crippen LogP contribution in [0.5, 0.6) is 0 Å². The fourth-order valence-electron chi connectivity index (χ4n) is 3.69. The van der Waals surface area contributed by atoms with E-state index in [-0.39, 0.29) is 17.3 Å². The van der Waals surface area contributed by atoms with Crippen molar-refractivity contribution in [1.82, 2.24) is 14.7 Å². The Bertz CT molecular complexity index is 1530. The molecule has 0 atom stereocenters. The maximum Gasteiger partial charge on any atom is 0.416 e. The molecule has 2 heterocycles. The highest BCUT2D eigenvalue weighted by Crippen LogP contribution is 2.32. The summed E-state index contributed by atoms with van der Waals surface area (Å²) in [6.07, 6.45) is -2.78. The second kappa shape index (κ2) is 7.74. The van der Waals surface area contributed by atoms with Gasteiger partial charge in [-0.3, -0.25) is 9.36 Å². The van der Waals surface area contributed by atoms with Crippen molar-refractivity contribution < 1.29 is 17.7 Å². The predicted octanol–water partition coefficient (Wildman–Crippen LogP) is 6.03. The molecular weight excluding hydrogens is 431 g/mol. The number of aromatic nitrogens is 3. The number of aryl methyl sites for hydroxylation is 1. The van der Waals surface area contributed by atoms with E-state index >= 15 is 0 Å². The minimum Gasteiger partial charge on any atom is -0.334 e. The van der Waals surface area contributed by atoms with E-state index in [9.17, 15) is 18.0 Å². The molecule has 5 nitrogen and oxygen atoms in total. The highest BCUT2D eigenvalue weighted by molar-refractivity contribution is 5.94. The van der Waals surface area contributed by atoms with Crippen molar-refractivity contribution in [3.05, 3.63) is 100 Å². The number of pyridine rings is 1. The number of alkyl halides is 3. The fourth-order valence-corrected chi connectivity index (χ4v) is 3.69. The zero-order valence-electron chi connectivity index (χ0n) is 17.3. The number of fused-ring (bicyclic) bond motifs is 1. The summed E-state index contributed by atoms with van der Waals surface area (Å²) in [5.74, 6) is 0.304. The summed E-state index contributed by atoms with van der Waals surface area (Å²) >= 11 is 0. The second-order valence-electron chi connectivity index (χ2n) is 7.60. The van der Waals surface area contributed by atoms with E-state index in [1.807, 2.05) is 31.2 Å². The lowest BCUT2D eigenvalue weighted by atomic mass is 10.1. The molecule has 0 fully saturated rings. The van der Waals surface area contributed by atoms with Gasteiger partial charge in [0.15, 0.2) is 0 Å². The summed E-state index contributed by atoms with van der Waals surface area (Å²) in [5, 5.41) is 5.06. The number of halogens is 3. The van der Waals surface area contributed by atoms with E-state index in [1.54, 1.807) is 30.5 Å². The first-order chi connectivity index (χ1) is 15.8. The fraction of sp³-hybridized carbons (Fsp3) is 0.0800. The lowest BCUT2D eigenvalue weighted by Gasteiger charge is -2.11. The molecule has 0 saturated carbocycles. The van der Waals surface area contributed by atoms with Gasteiger partial charge in [0.05, 0.1) is 11.1 Å². The Morgan fingerprint density at radius 2 is 1.64 bits per heavy atom. The van der Waals surface area contributed by atoms with Crippen LogP contribution in [0.3, 0.4) is 0 Å². The van der Waals surface area contributed by atoms with Crippen LogP contribution in [0, 0.1) is 6.92 Å². The minimum absolute atomic E-state index is 0.149. The van der Waals surface area contributed by atoms with Crippen LogP contribution in [-0.2, 0) is 6.18 Å². The molecule has 0 aliphatic heterocycles. The summed E-state index contributed by atoms with van der Waals surface area (Å²) < 4.78 is 45.5. The molecule has 5 aromatic rings. The molecule has 0 aliphatic carbocycles. The van der Waals surface area contributed by atoms with Gasteiger partial charge in [-0.05, 0) is 42.8 Å². The van der Waals surface area contributed by atoms with Gasteiger partial charge in [-0.1, -0.05) is 47.6 Å². The van der Waals surface area contributed by atoms with Crippen molar-refractivity contribution in [3.63, 3.8) is 0 Å². The van der Waals surface area contributed by atoms with E-state index in [1.165, 1.54) is 16.7 Å². The monoisotopic (exact) mass is 447 g/mol. The molecule has 164 valence electrons. The minimum atomic E-state index is -4.43. The van der Waals surface area contributed by atoms with Gasteiger partial charge in [0.1, 0.15) is 0 Å². The molecule has 0 bridgehead atoms. The summed E-state index contributed by atoms with van der Waals surface area (Å²) in [6, 6.07) is 19.1. The van der Waals surface area contributed by atoms with Crippen LogP contribution in [0.15, 0.2) is 88.3 Å². The predicted molar refractivity (Wildman–Crippen MR) is 118 cm³/mol. The van der Waals surface area contributed by atoms with Crippen LogP contribution in [0.2, 0.25) is 0 Å². The van der Waals surface area contributed by atoms with Gasteiger partial charge in [-0.2, -0.15) is 18.2 Å². The largest absolute Gasteiger partial charge is 0.416 e. The molecule has 0 N–H and O–H groups in total. The van der Waals surface area contributed by atoms with Crippen LogP contribution in [0.25, 0.3) is 39.3 Å². The summed E-state index contributed by atoms with van der Waals surface area (Å²) in [4.78, 5) is 17.6. The Balaban J connectivity index is 1.64. The van der Waals surface area contributed by atoms with Gasteiger partial charge in [0, 0.05) is 28.2 Å². The molecule has 0 aliphatic rings. The van der Waals surface area contributed by atoms with E-state index in [2.05, 4.69) is 10.1 Å². The van der Waals surface area contributed by atoms with E-state index < -0.39 is 11.7 Å². The van der Waals surface area contributed by atoms with Gasteiger partial charge >= 0.3 is 6.18 Å². The number of hydrogen-bond donors (Lipinski definition) is 0. The first-order valence-corrected chi connectivity index (χ1v) is 10.0. The molecule has 0 radical (unpaired) electrons. The summed E-state index contributed by atoms with van der Waals surface area (Å²) in [5.41, 5.74) is 1.66. The summed E-state index contributed by atoms with van der Waals surface area (Å²) in [6.45, 7) is 1.94. The molecule has 0 saturated heterocycles. The van der Waals surface area contributed by atoms with Crippen LogP contribution in [-0.4, -0.2) is 14.7 Å². The normalized spacial score (nSPS) is 11.8. The third-order valence-corrected chi connectivity index (χ3v) is 5.33. The van der Waals surface area contributed by atoms with Crippen LogP contribution in [0.4, 0.5) is 13.2 Å². The average molecular weight is 447 g/mol. The number of benzene rings is 3. The first-order valence-electron chi connectivity index (χ1n) is 10.0. The highest BCUT2D eigenvalue weighted by Gasteiger charge is 2.30. The zero-order valence-corrected chi connectivity index (χ0v) is 17.3. The van der Waals surface area contributed by atoms with Gasteiger partial charge < -0.3 is 4.52 Å². The maximum atomic E-state index is 13.2. The highest BCUT2D eigenvalue weighted by atomic mass is 19.4. The third-order valence-electron chi connectivity index (χ3n) is 5.33. The van der Waals surface area contributed by atoms with Crippen molar-refractivity contribution in [2.45, 2.75) is 13.1 Å². The topological polar surface area (TPSA) is 60.9 Å². The van der Waals surface area contributed by atoms with Crippen LogP contribution < -0.4 is 5.56 Å². The number of nitrogens with zero attached hydrogens (tertiary/aromatic N) is 3. The molecule has 8 heteroatoms. The average Bonchev–Trinajstić information content (AvgIpc) is 3.29. The summed E-state index contributed by atoms with van der Waals surface area (Å²) in [7, 11) is 0. The van der Waals surface area contributed by atoms with E-state index in [0.29, 0.717) is 27.6 Å². The maximum absolute atomic E-state index is 13.2. The van der Waals surface area contributed by atoms with Crippen molar-refractivity contribution in [2.75, 3.05) is 0 Å². The standard InChI is InChI=1S/C25H16F3N3O2/c1-15-5-4-6-18(13-15)31-14-21(19-7-2-3-8-20(19)24(31)32)23-29-22(30-33-23)16-9-11-17(12-10-16)25(26,27)28/h2-14H,1H3. The van der Waals surface area contributed by atoms with Gasteiger partial charge in [0.2, 0.25) is 5.82 Å². The molecule has 33 heavy (non-hydrogen) atoms. The van der Waals surface area contributed by atoms with Crippen molar-refractivity contribution in [2.24, 2.45) is 0 Å². The van der Waals surface area contributed by atoms with Crippen molar-refractivity contribution in [1.29, 1.82) is 0 Å².